The molecule has 0 bridgehead atoms. The topological polar surface area (TPSA) is 0 Å². The molecule has 0 nitrogen and oxygen atoms in total. The van der Waals surface area contributed by atoms with Crippen LogP contribution in [0, 0.1) is 10.8 Å². The zero-order chi connectivity index (χ0) is 11.4. The van der Waals surface area contributed by atoms with Gasteiger partial charge in [-0.15, -0.1) is 12.6 Å². The van der Waals surface area contributed by atoms with E-state index in [2.05, 4.69) is 54.1 Å². The first-order valence-corrected chi connectivity index (χ1v) is 5.93. The van der Waals surface area contributed by atoms with Crippen molar-refractivity contribution < 1.29 is 0 Å². The van der Waals surface area contributed by atoms with Gasteiger partial charge < -0.3 is 0 Å². The molecule has 0 unspecified atom stereocenters. The first kappa shape index (κ1) is 13.8. The lowest BCUT2D eigenvalue weighted by atomic mass is 9.47. The molecule has 1 fully saturated rings. The minimum absolute atomic E-state index is 0.492. The lowest BCUT2D eigenvalue weighted by Gasteiger charge is -2.35. The van der Waals surface area contributed by atoms with E-state index in [0.717, 1.165) is 6.71 Å². The summed E-state index contributed by atoms with van der Waals surface area (Å²) in [5.74, 6) is 2.12. The molecule has 0 amide bonds. The highest BCUT2D eigenvalue weighted by atomic mass is 14.4. The molecule has 82 valence electrons. The van der Waals surface area contributed by atoms with Crippen LogP contribution in [0.25, 0.3) is 0 Å². The maximum atomic E-state index is 3.87. The molecule has 0 radical (unpaired) electrons. The Hall–Kier alpha value is -0.195. The van der Waals surface area contributed by atoms with Crippen molar-refractivity contribution in [3.05, 3.63) is 12.6 Å². The van der Waals surface area contributed by atoms with E-state index in [0.29, 0.717) is 10.8 Å². The standard InChI is InChI=1S/C10H19B.C3H8/c1-6-11-7-9(2,3)10(4,5)8-11;1-3-2/h6H,1,7-8H2,2-5H3;3H2,1-2H3. The summed E-state index contributed by atoms with van der Waals surface area (Å²) in [5.41, 5.74) is 0.984. The first-order valence-electron chi connectivity index (χ1n) is 5.93. The van der Waals surface area contributed by atoms with Crippen molar-refractivity contribution >= 4 is 6.71 Å². The van der Waals surface area contributed by atoms with Crippen LogP contribution in [0.5, 0.6) is 0 Å². The van der Waals surface area contributed by atoms with Gasteiger partial charge in [-0.3, -0.25) is 0 Å². The van der Waals surface area contributed by atoms with Crippen molar-refractivity contribution in [1.82, 2.24) is 0 Å². The molecular weight excluding hydrogens is 167 g/mol. The van der Waals surface area contributed by atoms with Gasteiger partial charge in [-0.2, -0.15) is 0 Å². The van der Waals surface area contributed by atoms with E-state index < -0.39 is 0 Å². The summed E-state index contributed by atoms with van der Waals surface area (Å²) in [6.07, 6.45) is 3.87. The zero-order valence-corrected chi connectivity index (χ0v) is 11.0. The van der Waals surface area contributed by atoms with Crippen LogP contribution in [0.2, 0.25) is 12.6 Å². The molecule has 0 spiro atoms. The first-order chi connectivity index (χ1) is 6.30. The van der Waals surface area contributed by atoms with Crippen LogP contribution in [0.1, 0.15) is 48.0 Å². The molecule has 0 aliphatic carbocycles. The largest absolute Gasteiger partial charge is 0.166 e. The van der Waals surface area contributed by atoms with E-state index in [9.17, 15) is 0 Å². The molecule has 0 aromatic heterocycles. The molecule has 0 N–H and O–H groups in total. The van der Waals surface area contributed by atoms with E-state index in [1.165, 1.54) is 19.1 Å². The van der Waals surface area contributed by atoms with Gasteiger partial charge in [0.05, 0.1) is 0 Å². The normalized spacial score (nSPS) is 22.6. The Morgan fingerprint density at radius 2 is 1.36 bits per heavy atom. The summed E-state index contributed by atoms with van der Waals surface area (Å²) in [6, 6.07) is 0. The Morgan fingerprint density at radius 3 is 1.50 bits per heavy atom. The summed E-state index contributed by atoms with van der Waals surface area (Å²) >= 11 is 0. The van der Waals surface area contributed by atoms with Gasteiger partial charge >= 0.3 is 0 Å². The third-order valence-electron chi connectivity index (χ3n) is 3.71. The fourth-order valence-electron chi connectivity index (χ4n) is 2.10. The fourth-order valence-corrected chi connectivity index (χ4v) is 2.10. The summed E-state index contributed by atoms with van der Waals surface area (Å²) in [7, 11) is 0. The van der Waals surface area contributed by atoms with Crippen molar-refractivity contribution in [2.24, 2.45) is 10.8 Å². The quantitative estimate of drug-likeness (QED) is 0.531. The lowest BCUT2D eigenvalue weighted by Crippen LogP contribution is -2.24. The SMILES string of the molecule is C=CB1CC(C)(C)C(C)(C)C1.CCC. The summed E-state index contributed by atoms with van der Waals surface area (Å²) in [6.45, 7) is 18.4. The van der Waals surface area contributed by atoms with E-state index in [1.54, 1.807) is 0 Å². The molecule has 14 heavy (non-hydrogen) atoms. The fraction of sp³-hybridized carbons (Fsp3) is 0.846. The maximum absolute atomic E-state index is 3.87. The molecule has 1 heteroatoms. The van der Waals surface area contributed by atoms with Crippen molar-refractivity contribution in [2.75, 3.05) is 0 Å². The molecule has 1 saturated heterocycles. The molecule has 1 heterocycles. The van der Waals surface area contributed by atoms with Gasteiger partial charge in [0.2, 0.25) is 0 Å². The Labute approximate surface area is 91.3 Å². The van der Waals surface area contributed by atoms with Crippen molar-refractivity contribution in [1.29, 1.82) is 0 Å². The zero-order valence-electron chi connectivity index (χ0n) is 11.0. The van der Waals surface area contributed by atoms with Crippen LogP contribution in [-0.2, 0) is 0 Å². The monoisotopic (exact) mass is 194 g/mol. The van der Waals surface area contributed by atoms with Gasteiger partial charge in [0.25, 0.3) is 0 Å². The third-order valence-corrected chi connectivity index (χ3v) is 3.71. The van der Waals surface area contributed by atoms with Crippen LogP contribution in [0.15, 0.2) is 12.6 Å². The van der Waals surface area contributed by atoms with Gasteiger partial charge in [-0.05, 0) is 10.8 Å². The van der Waals surface area contributed by atoms with Crippen LogP contribution in [0.4, 0.5) is 0 Å². The van der Waals surface area contributed by atoms with Crippen LogP contribution < -0.4 is 0 Å². The maximum Gasteiger partial charge on any atom is 0.166 e. The Bertz CT molecular complexity index is 164. The van der Waals surface area contributed by atoms with Gasteiger partial charge in [-0.25, -0.2) is 0 Å². The van der Waals surface area contributed by atoms with Gasteiger partial charge in [0.15, 0.2) is 6.71 Å². The predicted octanol–water partition coefficient (Wildman–Crippen LogP) is 4.69. The number of rotatable bonds is 1. The highest BCUT2D eigenvalue weighted by Crippen LogP contribution is 2.52. The summed E-state index contributed by atoms with van der Waals surface area (Å²) in [4.78, 5) is 0. The van der Waals surface area contributed by atoms with Gasteiger partial charge in [-0.1, -0.05) is 60.6 Å². The molecule has 1 aliphatic rings. The highest BCUT2D eigenvalue weighted by molar-refractivity contribution is 6.65. The Balaban J connectivity index is 0.000000500. The molecule has 1 rings (SSSR count). The Kier molecular flexibility index (Phi) is 4.98. The minimum Gasteiger partial charge on any atom is -0.122 e. The van der Waals surface area contributed by atoms with Gasteiger partial charge in [0, 0.05) is 0 Å². The minimum atomic E-state index is 0.492. The molecule has 0 saturated carbocycles. The van der Waals surface area contributed by atoms with Crippen LogP contribution in [-0.4, -0.2) is 6.71 Å². The second-order valence-electron chi connectivity index (χ2n) is 5.88. The Morgan fingerprint density at radius 1 is 1.07 bits per heavy atom. The van der Waals surface area contributed by atoms with Crippen LogP contribution >= 0.6 is 0 Å². The van der Waals surface area contributed by atoms with E-state index in [-0.39, 0.29) is 0 Å². The average Bonchev–Trinajstić information content (AvgIpc) is 2.23. The number of hydrogen-bond acceptors (Lipinski definition) is 0. The van der Waals surface area contributed by atoms with E-state index in [1.807, 2.05) is 0 Å². The second kappa shape index (κ2) is 5.05. The number of hydrogen-bond donors (Lipinski definition) is 0. The van der Waals surface area contributed by atoms with Crippen LogP contribution in [0.3, 0.4) is 0 Å². The van der Waals surface area contributed by atoms with Gasteiger partial charge in [0.1, 0.15) is 0 Å². The second-order valence-corrected chi connectivity index (χ2v) is 5.88. The van der Waals surface area contributed by atoms with E-state index in [4.69, 9.17) is 0 Å². The lowest BCUT2D eigenvalue weighted by molar-refractivity contribution is 0.177. The molecule has 1 aliphatic heterocycles. The molecule has 0 aromatic rings. The van der Waals surface area contributed by atoms with Crippen molar-refractivity contribution in [3.63, 3.8) is 0 Å². The predicted molar refractivity (Wildman–Crippen MR) is 69.1 cm³/mol. The summed E-state index contributed by atoms with van der Waals surface area (Å²) < 4.78 is 0. The third kappa shape index (κ3) is 3.18. The average molecular weight is 194 g/mol. The summed E-state index contributed by atoms with van der Waals surface area (Å²) in [5, 5.41) is 0. The molecule has 0 aromatic carbocycles. The molecular formula is C13H27B. The highest BCUT2D eigenvalue weighted by Gasteiger charge is 2.46. The van der Waals surface area contributed by atoms with Crippen molar-refractivity contribution in [2.45, 2.75) is 60.6 Å². The molecule has 0 atom stereocenters. The van der Waals surface area contributed by atoms with E-state index >= 15 is 0 Å². The van der Waals surface area contributed by atoms with Crippen molar-refractivity contribution in [3.8, 4) is 0 Å². The smallest absolute Gasteiger partial charge is 0.122 e.